The predicted octanol–water partition coefficient (Wildman–Crippen LogP) is 4.89. The lowest BCUT2D eigenvalue weighted by molar-refractivity contribution is 0.286. The first kappa shape index (κ1) is 14.4. The van der Waals surface area contributed by atoms with Crippen LogP contribution in [0.15, 0.2) is 48.5 Å². The highest BCUT2D eigenvalue weighted by Gasteiger charge is 2.29. The van der Waals surface area contributed by atoms with Gasteiger partial charge < -0.3 is 9.30 Å². The molecule has 130 valence electrons. The van der Waals surface area contributed by atoms with Crippen molar-refractivity contribution in [2.24, 2.45) is 5.92 Å². The fraction of sp³-hybridized carbons (Fsp3) is 0.318. The van der Waals surface area contributed by atoms with E-state index < -0.39 is 0 Å². The van der Waals surface area contributed by atoms with E-state index in [9.17, 15) is 0 Å². The number of aromatic nitrogens is 3. The topological polar surface area (TPSA) is 32.0 Å². The van der Waals surface area contributed by atoms with E-state index in [2.05, 4.69) is 58.6 Å². The number of para-hydroxylation sites is 1. The molecule has 1 unspecified atom stereocenters. The number of hydrogen-bond donors (Lipinski definition) is 0. The lowest BCUT2D eigenvalue weighted by Gasteiger charge is -2.22. The van der Waals surface area contributed by atoms with Crippen LogP contribution < -0.4 is 4.74 Å². The molecule has 0 amide bonds. The van der Waals surface area contributed by atoms with Gasteiger partial charge in [-0.15, -0.1) is 0 Å². The number of ether oxygens (including phenoxy) is 1. The van der Waals surface area contributed by atoms with Crippen LogP contribution in [0.3, 0.4) is 0 Å². The fourth-order valence-corrected chi connectivity index (χ4v) is 4.29. The molecule has 0 spiro atoms. The highest BCUT2D eigenvalue weighted by atomic mass is 16.5. The van der Waals surface area contributed by atoms with E-state index in [4.69, 9.17) is 9.84 Å². The first-order valence-electron chi connectivity index (χ1n) is 9.52. The van der Waals surface area contributed by atoms with Crippen molar-refractivity contribution in [1.82, 2.24) is 14.3 Å². The molecule has 2 aromatic heterocycles. The molecule has 3 heterocycles. The van der Waals surface area contributed by atoms with Crippen LogP contribution in [0.4, 0.5) is 0 Å². The number of benzene rings is 2. The van der Waals surface area contributed by atoms with Crippen LogP contribution in [-0.4, -0.2) is 21.0 Å². The van der Waals surface area contributed by atoms with Crippen LogP contribution in [0.2, 0.25) is 0 Å². The molecule has 1 saturated carbocycles. The lowest BCUT2D eigenvalue weighted by Crippen LogP contribution is -2.18. The van der Waals surface area contributed by atoms with Gasteiger partial charge in [-0.1, -0.05) is 31.2 Å². The van der Waals surface area contributed by atoms with Crippen molar-refractivity contribution in [2.45, 2.75) is 32.2 Å². The Hall–Kier alpha value is -2.75. The maximum Gasteiger partial charge on any atom is 0.135 e. The number of rotatable bonds is 3. The van der Waals surface area contributed by atoms with E-state index in [-0.39, 0.29) is 0 Å². The van der Waals surface area contributed by atoms with E-state index in [0.29, 0.717) is 12.5 Å². The molecule has 4 aromatic rings. The van der Waals surface area contributed by atoms with Crippen LogP contribution in [0.1, 0.15) is 31.4 Å². The highest BCUT2D eigenvalue weighted by Crippen LogP contribution is 2.40. The second-order valence-electron chi connectivity index (χ2n) is 7.77. The molecule has 0 saturated heterocycles. The minimum atomic E-state index is 0.322. The molecule has 0 radical (unpaired) electrons. The molecule has 1 atom stereocenters. The highest BCUT2D eigenvalue weighted by molar-refractivity contribution is 5.90. The Balaban J connectivity index is 1.67. The summed E-state index contributed by atoms with van der Waals surface area (Å²) < 4.78 is 10.6. The summed E-state index contributed by atoms with van der Waals surface area (Å²) >= 11 is 0. The van der Waals surface area contributed by atoms with E-state index in [1.165, 1.54) is 40.6 Å². The standard InChI is InChI=1S/C22H21N3O/c1-14-13-26-19-8-4-6-17-21(19)22(14)25(23-17)20-11-16-5-2-3-7-18(16)24(20)12-15-9-10-15/h2-8,11,14-15H,9-10,12-13H2,1H3. The van der Waals surface area contributed by atoms with Crippen molar-refractivity contribution in [1.29, 1.82) is 0 Å². The minimum Gasteiger partial charge on any atom is -0.492 e. The molecular weight excluding hydrogens is 322 g/mol. The van der Waals surface area contributed by atoms with Gasteiger partial charge in [0, 0.05) is 23.4 Å². The first-order valence-corrected chi connectivity index (χ1v) is 9.52. The van der Waals surface area contributed by atoms with Crippen LogP contribution in [0, 0.1) is 5.92 Å². The normalized spacial score (nSPS) is 19.2. The average Bonchev–Trinajstić information content (AvgIpc) is 3.28. The van der Waals surface area contributed by atoms with Gasteiger partial charge in [0.05, 0.1) is 23.2 Å². The van der Waals surface area contributed by atoms with Gasteiger partial charge in [0.15, 0.2) is 0 Å². The van der Waals surface area contributed by atoms with Gasteiger partial charge in [0.25, 0.3) is 0 Å². The Kier molecular flexibility index (Phi) is 2.85. The van der Waals surface area contributed by atoms with E-state index in [1.807, 2.05) is 6.07 Å². The van der Waals surface area contributed by atoms with E-state index >= 15 is 0 Å². The molecule has 2 aromatic carbocycles. The summed E-state index contributed by atoms with van der Waals surface area (Å²) in [7, 11) is 0. The molecular formula is C22H21N3O. The van der Waals surface area contributed by atoms with Gasteiger partial charge in [0.2, 0.25) is 0 Å². The van der Waals surface area contributed by atoms with Crippen molar-refractivity contribution < 1.29 is 4.74 Å². The number of nitrogens with zero attached hydrogens (tertiary/aromatic N) is 3. The molecule has 6 rings (SSSR count). The maximum absolute atomic E-state index is 5.96. The van der Waals surface area contributed by atoms with Gasteiger partial charge in [0.1, 0.15) is 11.6 Å². The third-order valence-electron chi connectivity index (χ3n) is 5.80. The van der Waals surface area contributed by atoms with Crippen molar-refractivity contribution >= 4 is 21.8 Å². The molecule has 0 bridgehead atoms. The summed E-state index contributed by atoms with van der Waals surface area (Å²) in [5.74, 6) is 3.28. The minimum absolute atomic E-state index is 0.322. The second-order valence-corrected chi connectivity index (χ2v) is 7.77. The third kappa shape index (κ3) is 1.99. The third-order valence-corrected chi connectivity index (χ3v) is 5.80. The lowest BCUT2D eigenvalue weighted by atomic mass is 10.0. The zero-order valence-electron chi connectivity index (χ0n) is 14.9. The Morgan fingerprint density at radius 1 is 1.12 bits per heavy atom. The van der Waals surface area contributed by atoms with E-state index in [1.54, 1.807) is 0 Å². The second kappa shape index (κ2) is 5.13. The van der Waals surface area contributed by atoms with Crippen molar-refractivity contribution in [3.8, 4) is 11.6 Å². The average molecular weight is 343 g/mol. The zero-order chi connectivity index (χ0) is 17.3. The van der Waals surface area contributed by atoms with Crippen LogP contribution >= 0.6 is 0 Å². The predicted molar refractivity (Wildman–Crippen MR) is 103 cm³/mol. The summed E-state index contributed by atoms with van der Waals surface area (Å²) in [4.78, 5) is 0. The monoisotopic (exact) mass is 343 g/mol. The molecule has 0 N–H and O–H groups in total. The molecule has 4 heteroatoms. The Bertz CT molecular complexity index is 1150. The van der Waals surface area contributed by atoms with Gasteiger partial charge in [-0.05, 0) is 43.0 Å². The maximum atomic E-state index is 5.96. The molecule has 26 heavy (non-hydrogen) atoms. The van der Waals surface area contributed by atoms with Crippen molar-refractivity contribution in [3.63, 3.8) is 0 Å². The quantitative estimate of drug-likeness (QED) is 0.531. The summed E-state index contributed by atoms with van der Waals surface area (Å²) in [6, 6.07) is 17.2. The Morgan fingerprint density at radius 3 is 2.88 bits per heavy atom. The van der Waals surface area contributed by atoms with Gasteiger partial charge in [-0.2, -0.15) is 5.10 Å². The SMILES string of the molecule is CC1COc2cccc3nn(-c4cc5ccccc5n4CC4CC4)c1c23. The summed E-state index contributed by atoms with van der Waals surface area (Å²) in [6.07, 6.45) is 2.68. The molecule has 1 aliphatic carbocycles. The van der Waals surface area contributed by atoms with Crippen molar-refractivity contribution in [2.75, 3.05) is 6.61 Å². The summed E-state index contributed by atoms with van der Waals surface area (Å²) in [5.41, 5.74) is 3.61. The van der Waals surface area contributed by atoms with Crippen molar-refractivity contribution in [3.05, 3.63) is 54.2 Å². The zero-order valence-corrected chi connectivity index (χ0v) is 14.9. The van der Waals surface area contributed by atoms with Crippen LogP contribution in [0.25, 0.3) is 27.6 Å². The number of hydrogen-bond acceptors (Lipinski definition) is 2. The van der Waals surface area contributed by atoms with E-state index in [0.717, 1.165) is 23.7 Å². The number of fused-ring (bicyclic) bond motifs is 1. The van der Waals surface area contributed by atoms with Crippen LogP contribution in [-0.2, 0) is 6.54 Å². The smallest absolute Gasteiger partial charge is 0.135 e. The molecule has 1 aliphatic heterocycles. The first-order chi connectivity index (χ1) is 12.8. The van der Waals surface area contributed by atoms with Gasteiger partial charge in [-0.25, -0.2) is 4.68 Å². The van der Waals surface area contributed by atoms with Gasteiger partial charge >= 0.3 is 0 Å². The van der Waals surface area contributed by atoms with Crippen LogP contribution in [0.5, 0.6) is 5.75 Å². The molecule has 1 fully saturated rings. The Labute approximate surface area is 152 Å². The largest absolute Gasteiger partial charge is 0.492 e. The summed E-state index contributed by atoms with van der Waals surface area (Å²) in [5, 5.41) is 7.47. The Morgan fingerprint density at radius 2 is 2.00 bits per heavy atom. The molecule has 2 aliphatic rings. The molecule has 4 nitrogen and oxygen atoms in total. The van der Waals surface area contributed by atoms with Gasteiger partial charge in [-0.3, -0.25) is 0 Å². The fourth-order valence-electron chi connectivity index (χ4n) is 4.29. The summed E-state index contributed by atoms with van der Waals surface area (Å²) in [6.45, 7) is 4.02.